The van der Waals surface area contributed by atoms with E-state index in [-0.39, 0.29) is 25.2 Å². The molecule has 0 aliphatic heterocycles. The van der Waals surface area contributed by atoms with Gasteiger partial charge in [-0.15, -0.1) is 0 Å². The first-order valence-corrected chi connectivity index (χ1v) is 8.08. The fraction of sp³-hybridized carbons (Fsp3) is 0.167. The number of carbonyl (C=O) groups excluding carboxylic acids is 1. The van der Waals surface area contributed by atoms with Gasteiger partial charge in [0.1, 0.15) is 5.52 Å². The Balaban J connectivity index is 1.82. The molecular formula is C18H15ClN2O4. The summed E-state index contributed by atoms with van der Waals surface area (Å²) in [7, 11) is 0. The molecule has 1 amide bonds. The maximum Gasteiger partial charge on any atom is 0.303 e. The Morgan fingerprint density at radius 3 is 2.76 bits per heavy atom. The van der Waals surface area contributed by atoms with Crippen molar-refractivity contribution in [1.29, 1.82) is 0 Å². The molecule has 0 aliphatic rings. The van der Waals surface area contributed by atoms with E-state index in [9.17, 15) is 9.59 Å². The number of amides is 1. The van der Waals surface area contributed by atoms with Crippen LogP contribution in [0.5, 0.6) is 0 Å². The van der Waals surface area contributed by atoms with E-state index in [1.807, 2.05) is 6.07 Å². The quantitative estimate of drug-likeness (QED) is 0.683. The Morgan fingerprint density at radius 1 is 1.16 bits per heavy atom. The number of aliphatic carboxylic acids is 1. The molecule has 0 bridgehead atoms. The molecule has 3 rings (SSSR count). The lowest BCUT2D eigenvalue weighted by Gasteiger charge is -2.08. The summed E-state index contributed by atoms with van der Waals surface area (Å²) in [6, 6.07) is 12.3. The zero-order chi connectivity index (χ0) is 17.8. The molecule has 0 aliphatic carbocycles. The number of rotatable bonds is 6. The minimum atomic E-state index is -0.918. The summed E-state index contributed by atoms with van der Waals surface area (Å²) >= 11 is 5.96. The van der Waals surface area contributed by atoms with Crippen LogP contribution in [-0.2, 0) is 9.59 Å². The number of para-hydroxylation sites is 1. The van der Waals surface area contributed by atoms with Gasteiger partial charge in [-0.2, -0.15) is 0 Å². The van der Waals surface area contributed by atoms with Crippen LogP contribution in [0.4, 0.5) is 5.69 Å². The first kappa shape index (κ1) is 17.0. The van der Waals surface area contributed by atoms with Gasteiger partial charge in [0, 0.05) is 17.9 Å². The topological polar surface area (TPSA) is 92.4 Å². The normalized spacial score (nSPS) is 10.8. The molecule has 0 spiro atoms. The fourth-order valence-corrected chi connectivity index (χ4v) is 2.57. The lowest BCUT2D eigenvalue weighted by molar-refractivity contribution is -0.137. The maximum atomic E-state index is 12.0. The number of carboxylic acids is 1. The summed E-state index contributed by atoms with van der Waals surface area (Å²) in [6.07, 6.45) is 0.371. The second-order valence-electron chi connectivity index (χ2n) is 5.47. The van der Waals surface area contributed by atoms with Crippen molar-refractivity contribution in [2.45, 2.75) is 19.3 Å². The van der Waals surface area contributed by atoms with Crippen LogP contribution in [0.2, 0.25) is 5.02 Å². The first-order chi connectivity index (χ1) is 12.0. The van der Waals surface area contributed by atoms with Crippen molar-refractivity contribution in [3.63, 3.8) is 0 Å². The number of aromatic nitrogens is 1. The minimum absolute atomic E-state index is 0.0407. The predicted molar refractivity (Wildman–Crippen MR) is 94.6 cm³/mol. The molecule has 128 valence electrons. The molecule has 3 aromatic rings. The van der Waals surface area contributed by atoms with Gasteiger partial charge in [-0.25, -0.2) is 4.98 Å². The molecule has 0 atom stereocenters. The third-order valence-corrected chi connectivity index (χ3v) is 3.81. The van der Waals surface area contributed by atoms with Gasteiger partial charge in [-0.1, -0.05) is 23.7 Å². The van der Waals surface area contributed by atoms with Crippen molar-refractivity contribution >= 4 is 40.3 Å². The number of benzene rings is 2. The number of fused-ring (bicyclic) bond motifs is 1. The molecule has 6 nitrogen and oxygen atoms in total. The zero-order valence-electron chi connectivity index (χ0n) is 13.2. The van der Waals surface area contributed by atoms with Gasteiger partial charge in [0.15, 0.2) is 5.58 Å². The van der Waals surface area contributed by atoms with E-state index in [2.05, 4.69) is 10.3 Å². The van der Waals surface area contributed by atoms with E-state index >= 15 is 0 Å². The number of nitrogens with one attached hydrogen (secondary N) is 1. The smallest absolute Gasteiger partial charge is 0.303 e. The van der Waals surface area contributed by atoms with E-state index in [1.54, 1.807) is 36.4 Å². The standard InChI is InChI=1S/C18H15ClN2O4/c19-11-8-9-15-14(10-11)21-18(25-15)12-4-1-2-5-13(12)20-16(22)6-3-7-17(23)24/h1-2,4-5,8-10H,3,6-7H2,(H,20,22)(H,23,24). The van der Waals surface area contributed by atoms with Crippen molar-refractivity contribution in [3.05, 3.63) is 47.5 Å². The zero-order valence-corrected chi connectivity index (χ0v) is 13.9. The third-order valence-electron chi connectivity index (χ3n) is 3.58. The van der Waals surface area contributed by atoms with Crippen LogP contribution < -0.4 is 5.32 Å². The molecule has 0 saturated heterocycles. The lowest BCUT2D eigenvalue weighted by Crippen LogP contribution is -2.12. The number of carbonyl (C=O) groups is 2. The molecule has 2 N–H and O–H groups in total. The Morgan fingerprint density at radius 2 is 1.96 bits per heavy atom. The number of hydrogen-bond donors (Lipinski definition) is 2. The molecule has 0 radical (unpaired) electrons. The highest BCUT2D eigenvalue weighted by Gasteiger charge is 2.14. The van der Waals surface area contributed by atoms with Gasteiger partial charge in [-0.3, -0.25) is 9.59 Å². The van der Waals surface area contributed by atoms with Crippen LogP contribution in [0.25, 0.3) is 22.6 Å². The number of anilines is 1. The van der Waals surface area contributed by atoms with Crippen LogP contribution in [0.3, 0.4) is 0 Å². The highest BCUT2D eigenvalue weighted by atomic mass is 35.5. The van der Waals surface area contributed by atoms with E-state index in [4.69, 9.17) is 21.1 Å². The number of hydrogen-bond acceptors (Lipinski definition) is 4. The van der Waals surface area contributed by atoms with Crippen LogP contribution in [-0.4, -0.2) is 22.0 Å². The first-order valence-electron chi connectivity index (χ1n) is 7.70. The SMILES string of the molecule is O=C(O)CCCC(=O)Nc1ccccc1-c1nc2cc(Cl)ccc2o1. The molecule has 0 unspecified atom stereocenters. The van der Waals surface area contributed by atoms with Crippen LogP contribution in [0.1, 0.15) is 19.3 Å². The van der Waals surface area contributed by atoms with Gasteiger partial charge in [-0.05, 0) is 36.8 Å². The maximum absolute atomic E-state index is 12.0. The van der Waals surface area contributed by atoms with Gasteiger partial charge in [0.25, 0.3) is 0 Å². The fourth-order valence-electron chi connectivity index (χ4n) is 2.41. The second-order valence-corrected chi connectivity index (χ2v) is 5.91. The largest absolute Gasteiger partial charge is 0.481 e. The molecule has 1 heterocycles. The average molecular weight is 359 g/mol. The summed E-state index contributed by atoms with van der Waals surface area (Å²) in [5.41, 5.74) is 2.42. The Kier molecular flexibility index (Phi) is 5.00. The summed E-state index contributed by atoms with van der Waals surface area (Å²) in [5, 5.41) is 12.0. The molecule has 7 heteroatoms. The number of nitrogens with zero attached hydrogens (tertiary/aromatic N) is 1. The van der Waals surface area contributed by atoms with Crippen molar-refractivity contribution in [2.75, 3.05) is 5.32 Å². The van der Waals surface area contributed by atoms with Crippen LogP contribution in [0, 0.1) is 0 Å². The summed E-state index contributed by atoms with van der Waals surface area (Å²) in [4.78, 5) is 27.0. The highest BCUT2D eigenvalue weighted by molar-refractivity contribution is 6.31. The number of oxazole rings is 1. The van der Waals surface area contributed by atoms with E-state index in [1.165, 1.54) is 0 Å². The average Bonchev–Trinajstić information content (AvgIpc) is 2.97. The van der Waals surface area contributed by atoms with E-state index in [0.717, 1.165) is 0 Å². The second kappa shape index (κ2) is 7.36. The number of halogens is 1. The highest BCUT2D eigenvalue weighted by Crippen LogP contribution is 2.31. The molecule has 1 aromatic heterocycles. The Hall–Kier alpha value is -2.86. The molecule has 0 fully saturated rings. The molecule has 2 aromatic carbocycles. The van der Waals surface area contributed by atoms with Gasteiger partial charge < -0.3 is 14.8 Å². The van der Waals surface area contributed by atoms with Gasteiger partial charge in [0.2, 0.25) is 11.8 Å². The Labute approximate surface area is 148 Å². The Bertz CT molecular complexity index is 936. The lowest BCUT2D eigenvalue weighted by atomic mass is 10.1. The summed E-state index contributed by atoms with van der Waals surface area (Å²) < 4.78 is 5.75. The molecule has 0 saturated carbocycles. The monoisotopic (exact) mass is 358 g/mol. The summed E-state index contributed by atoms with van der Waals surface area (Å²) in [6.45, 7) is 0. The molecular weight excluding hydrogens is 344 g/mol. The van der Waals surface area contributed by atoms with Crippen molar-refractivity contribution in [1.82, 2.24) is 4.98 Å². The minimum Gasteiger partial charge on any atom is -0.481 e. The van der Waals surface area contributed by atoms with E-state index < -0.39 is 5.97 Å². The molecule has 25 heavy (non-hydrogen) atoms. The van der Waals surface area contributed by atoms with Gasteiger partial charge >= 0.3 is 5.97 Å². The predicted octanol–water partition coefficient (Wildman–Crippen LogP) is 4.34. The third kappa shape index (κ3) is 4.16. The van der Waals surface area contributed by atoms with Crippen molar-refractivity contribution < 1.29 is 19.1 Å². The van der Waals surface area contributed by atoms with Crippen LogP contribution in [0.15, 0.2) is 46.9 Å². The van der Waals surface area contributed by atoms with Crippen molar-refractivity contribution in [3.8, 4) is 11.5 Å². The van der Waals surface area contributed by atoms with E-state index in [0.29, 0.717) is 33.3 Å². The number of carboxylic acid groups (broad SMARTS) is 1. The van der Waals surface area contributed by atoms with Crippen molar-refractivity contribution in [2.24, 2.45) is 0 Å². The van der Waals surface area contributed by atoms with Gasteiger partial charge in [0.05, 0.1) is 11.3 Å². The summed E-state index contributed by atoms with van der Waals surface area (Å²) in [5.74, 6) is -0.801. The van der Waals surface area contributed by atoms with Crippen LogP contribution >= 0.6 is 11.6 Å².